The topological polar surface area (TPSA) is 87.7 Å². The molecule has 8 heteroatoms. The van der Waals surface area contributed by atoms with Crippen LogP contribution in [0.4, 0.5) is 11.4 Å². The molecule has 4 rings (SSSR count). The molecule has 7 nitrogen and oxygen atoms in total. The highest BCUT2D eigenvalue weighted by Crippen LogP contribution is 2.29. The van der Waals surface area contributed by atoms with Crippen molar-refractivity contribution in [1.29, 1.82) is 0 Å². The molecular formula is C23H17N3O4S. The minimum absolute atomic E-state index is 0.120. The van der Waals surface area contributed by atoms with Crippen molar-refractivity contribution >= 4 is 46.4 Å². The SMILES string of the molecule is COc1ccc(C(=O)NC(=S)Nc2ccc(N3C(=O)c4ccccc4C3=O)cc2)cc1. The fourth-order valence-electron chi connectivity index (χ4n) is 3.20. The van der Waals surface area contributed by atoms with E-state index in [1.165, 1.54) is 0 Å². The first-order valence-corrected chi connectivity index (χ1v) is 9.73. The van der Waals surface area contributed by atoms with Gasteiger partial charge in [-0.15, -0.1) is 0 Å². The first-order chi connectivity index (χ1) is 15.0. The van der Waals surface area contributed by atoms with Crippen LogP contribution in [-0.4, -0.2) is 29.9 Å². The molecule has 1 aliphatic rings. The highest BCUT2D eigenvalue weighted by Gasteiger charge is 2.36. The monoisotopic (exact) mass is 431 g/mol. The number of hydrogen-bond acceptors (Lipinski definition) is 5. The van der Waals surface area contributed by atoms with Gasteiger partial charge >= 0.3 is 0 Å². The van der Waals surface area contributed by atoms with Crippen LogP contribution in [0.3, 0.4) is 0 Å². The number of benzene rings is 3. The standard InChI is InChI=1S/C23H17N3O4S/c1-30-17-12-6-14(7-13-17)20(27)25-23(31)24-15-8-10-16(11-9-15)26-21(28)18-4-2-3-5-19(18)22(26)29/h2-13H,1H3,(H2,24,25,27,31). The summed E-state index contributed by atoms with van der Waals surface area (Å²) in [4.78, 5) is 38.6. The zero-order valence-electron chi connectivity index (χ0n) is 16.4. The van der Waals surface area contributed by atoms with Gasteiger partial charge in [0, 0.05) is 11.3 Å². The second kappa shape index (κ2) is 8.37. The number of hydrogen-bond donors (Lipinski definition) is 2. The summed E-state index contributed by atoms with van der Waals surface area (Å²) in [5, 5.41) is 5.63. The lowest BCUT2D eigenvalue weighted by molar-refractivity contribution is 0.0923. The number of nitrogens with one attached hydrogen (secondary N) is 2. The van der Waals surface area contributed by atoms with Crippen LogP contribution in [0.1, 0.15) is 31.1 Å². The fraction of sp³-hybridized carbons (Fsp3) is 0.0435. The highest BCUT2D eigenvalue weighted by atomic mass is 32.1. The predicted octanol–water partition coefficient (Wildman–Crippen LogP) is 3.62. The summed E-state index contributed by atoms with van der Waals surface area (Å²) in [6.45, 7) is 0. The van der Waals surface area contributed by atoms with E-state index in [2.05, 4.69) is 10.6 Å². The quantitative estimate of drug-likeness (QED) is 0.485. The van der Waals surface area contributed by atoms with Crippen molar-refractivity contribution in [3.05, 3.63) is 89.5 Å². The Labute approximate surface area is 183 Å². The second-order valence-electron chi connectivity index (χ2n) is 6.67. The molecule has 0 aliphatic carbocycles. The number of methoxy groups -OCH3 is 1. The molecule has 0 saturated carbocycles. The Morgan fingerprint density at radius 3 is 2.00 bits per heavy atom. The maximum atomic E-state index is 12.6. The summed E-state index contributed by atoms with van der Waals surface area (Å²) in [5.41, 5.74) is 2.26. The van der Waals surface area contributed by atoms with E-state index >= 15 is 0 Å². The van der Waals surface area contributed by atoms with Crippen LogP contribution >= 0.6 is 12.2 Å². The van der Waals surface area contributed by atoms with Crippen LogP contribution < -0.4 is 20.3 Å². The fourth-order valence-corrected chi connectivity index (χ4v) is 3.41. The van der Waals surface area contributed by atoms with Gasteiger partial charge in [0.15, 0.2) is 5.11 Å². The van der Waals surface area contributed by atoms with E-state index in [9.17, 15) is 14.4 Å². The zero-order valence-corrected chi connectivity index (χ0v) is 17.2. The Balaban J connectivity index is 1.41. The maximum absolute atomic E-state index is 12.6. The lowest BCUT2D eigenvalue weighted by Gasteiger charge is -2.15. The Morgan fingerprint density at radius 1 is 0.871 bits per heavy atom. The minimum Gasteiger partial charge on any atom is -0.497 e. The van der Waals surface area contributed by atoms with Gasteiger partial charge in [0.1, 0.15) is 5.75 Å². The van der Waals surface area contributed by atoms with Gasteiger partial charge in [0.2, 0.25) is 0 Å². The number of imide groups is 1. The Morgan fingerprint density at radius 2 is 1.45 bits per heavy atom. The molecule has 0 bridgehead atoms. The lowest BCUT2D eigenvalue weighted by Crippen LogP contribution is -2.34. The van der Waals surface area contributed by atoms with Gasteiger partial charge in [-0.05, 0) is 72.9 Å². The van der Waals surface area contributed by atoms with Crippen LogP contribution in [0, 0.1) is 0 Å². The van der Waals surface area contributed by atoms with Crippen molar-refractivity contribution in [3.63, 3.8) is 0 Å². The summed E-state index contributed by atoms with van der Waals surface area (Å²) in [6, 6.07) is 20.0. The number of carbonyl (C=O) groups is 3. The van der Waals surface area contributed by atoms with Gasteiger partial charge < -0.3 is 10.1 Å². The molecular weight excluding hydrogens is 414 g/mol. The first kappa shape index (κ1) is 20.2. The number of carbonyl (C=O) groups excluding carboxylic acids is 3. The Bertz CT molecular complexity index is 1160. The molecule has 0 aromatic heterocycles. The van der Waals surface area contributed by atoms with E-state index in [4.69, 9.17) is 17.0 Å². The van der Waals surface area contributed by atoms with Crippen LogP contribution in [0.15, 0.2) is 72.8 Å². The normalized spacial score (nSPS) is 12.4. The van der Waals surface area contributed by atoms with Crippen molar-refractivity contribution in [2.24, 2.45) is 0 Å². The van der Waals surface area contributed by atoms with Crippen LogP contribution in [0.25, 0.3) is 0 Å². The van der Waals surface area contributed by atoms with E-state index in [-0.39, 0.29) is 22.8 Å². The van der Waals surface area contributed by atoms with E-state index in [0.717, 1.165) is 4.90 Å². The van der Waals surface area contributed by atoms with E-state index in [0.29, 0.717) is 33.8 Å². The number of anilines is 2. The number of ether oxygens (including phenoxy) is 1. The summed E-state index contributed by atoms with van der Waals surface area (Å²) in [7, 11) is 1.55. The number of thiocarbonyl (C=S) groups is 1. The molecule has 1 aliphatic heterocycles. The van der Waals surface area contributed by atoms with Crippen LogP contribution in [-0.2, 0) is 0 Å². The first-order valence-electron chi connectivity index (χ1n) is 9.32. The molecule has 0 spiro atoms. The number of nitrogens with zero attached hydrogens (tertiary/aromatic N) is 1. The van der Waals surface area contributed by atoms with Crippen LogP contribution in [0.2, 0.25) is 0 Å². The van der Waals surface area contributed by atoms with Gasteiger partial charge in [-0.1, -0.05) is 12.1 Å². The second-order valence-corrected chi connectivity index (χ2v) is 7.08. The van der Waals surface area contributed by atoms with Gasteiger partial charge in [-0.2, -0.15) is 0 Å². The average molecular weight is 431 g/mol. The summed E-state index contributed by atoms with van der Waals surface area (Å²) >= 11 is 5.20. The third kappa shape index (κ3) is 4.01. The molecule has 1 heterocycles. The molecule has 3 amide bonds. The molecule has 31 heavy (non-hydrogen) atoms. The van der Waals surface area contributed by atoms with E-state index in [1.54, 1.807) is 79.9 Å². The zero-order chi connectivity index (χ0) is 22.0. The van der Waals surface area contributed by atoms with E-state index < -0.39 is 0 Å². The smallest absolute Gasteiger partial charge is 0.266 e. The molecule has 2 N–H and O–H groups in total. The molecule has 0 saturated heterocycles. The lowest BCUT2D eigenvalue weighted by atomic mass is 10.1. The Kier molecular flexibility index (Phi) is 5.46. The van der Waals surface area contributed by atoms with Gasteiger partial charge in [-0.3, -0.25) is 19.7 Å². The molecule has 3 aromatic rings. The number of fused-ring (bicyclic) bond motifs is 1. The van der Waals surface area contributed by atoms with Crippen molar-refractivity contribution in [3.8, 4) is 5.75 Å². The molecule has 0 radical (unpaired) electrons. The number of rotatable bonds is 4. The average Bonchev–Trinajstić information content (AvgIpc) is 3.04. The molecule has 154 valence electrons. The summed E-state index contributed by atoms with van der Waals surface area (Å²) in [5.74, 6) is -0.426. The maximum Gasteiger partial charge on any atom is 0.266 e. The molecule has 3 aromatic carbocycles. The molecule has 0 fully saturated rings. The van der Waals surface area contributed by atoms with Crippen molar-refractivity contribution < 1.29 is 19.1 Å². The largest absolute Gasteiger partial charge is 0.497 e. The minimum atomic E-state index is -0.359. The van der Waals surface area contributed by atoms with E-state index in [1.807, 2.05) is 0 Å². The van der Waals surface area contributed by atoms with Crippen LogP contribution in [0.5, 0.6) is 5.75 Å². The highest BCUT2D eigenvalue weighted by molar-refractivity contribution is 7.80. The molecule has 0 unspecified atom stereocenters. The van der Waals surface area contributed by atoms with Crippen molar-refractivity contribution in [2.45, 2.75) is 0 Å². The van der Waals surface area contributed by atoms with Gasteiger partial charge in [0.25, 0.3) is 17.7 Å². The van der Waals surface area contributed by atoms with Crippen molar-refractivity contribution in [1.82, 2.24) is 5.32 Å². The predicted molar refractivity (Wildman–Crippen MR) is 121 cm³/mol. The third-order valence-corrected chi connectivity index (χ3v) is 4.96. The number of amides is 3. The molecule has 0 atom stereocenters. The van der Waals surface area contributed by atoms with Crippen molar-refractivity contribution in [2.75, 3.05) is 17.3 Å². The van der Waals surface area contributed by atoms with Gasteiger partial charge in [0.05, 0.1) is 23.9 Å². The summed E-state index contributed by atoms with van der Waals surface area (Å²) in [6.07, 6.45) is 0. The Hall–Kier alpha value is -4.04. The summed E-state index contributed by atoms with van der Waals surface area (Å²) < 4.78 is 5.07. The third-order valence-electron chi connectivity index (χ3n) is 4.76. The van der Waals surface area contributed by atoms with Gasteiger partial charge in [-0.25, -0.2) is 4.90 Å².